The highest BCUT2D eigenvalue weighted by molar-refractivity contribution is 6.06. The lowest BCUT2D eigenvalue weighted by atomic mass is 10.2. The summed E-state index contributed by atoms with van der Waals surface area (Å²) < 4.78 is 10.5. The molecule has 0 aliphatic carbocycles. The number of benzene rings is 1. The summed E-state index contributed by atoms with van der Waals surface area (Å²) in [6.07, 6.45) is 4.22. The number of hydrogen-bond donors (Lipinski definition) is 2. The number of aromatic nitrogens is 2. The molecule has 0 bridgehead atoms. The maximum absolute atomic E-state index is 12.0. The van der Waals surface area contributed by atoms with Crippen molar-refractivity contribution in [1.29, 1.82) is 0 Å². The van der Waals surface area contributed by atoms with Gasteiger partial charge in [-0.1, -0.05) is 0 Å². The van der Waals surface area contributed by atoms with Gasteiger partial charge in [0.05, 0.1) is 12.6 Å². The van der Waals surface area contributed by atoms with Crippen molar-refractivity contribution in [2.45, 2.75) is 13.3 Å². The lowest BCUT2D eigenvalue weighted by Gasteiger charge is -2.06. The molecule has 9 nitrogen and oxygen atoms in total. The monoisotopic (exact) mass is 341 g/mol. The van der Waals surface area contributed by atoms with Crippen LogP contribution in [0, 0.1) is 0 Å². The lowest BCUT2D eigenvalue weighted by molar-refractivity contribution is -0.115. The molecule has 1 aliphatic heterocycles. The standard InChI is InChI=1S/C16H15N5O4/c1-10(20-21-16(23)12-8-17-4-5-18-12)6-15(22)19-11-2-3-13-14(7-11)25-9-24-13/h2-5,7-8H,6,9H2,1H3,(H,19,22)(H,21,23). The highest BCUT2D eigenvalue weighted by Crippen LogP contribution is 2.34. The third-order valence-electron chi connectivity index (χ3n) is 3.22. The predicted molar refractivity (Wildman–Crippen MR) is 88.4 cm³/mol. The van der Waals surface area contributed by atoms with Crippen molar-refractivity contribution in [2.75, 3.05) is 12.1 Å². The zero-order valence-electron chi connectivity index (χ0n) is 13.4. The minimum Gasteiger partial charge on any atom is -0.454 e. The number of fused-ring (bicyclic) bond motifs is 1. The van der Waals surface area contributed by atoms with Crippen molar-refractivity contribution in [3.05, 3.63) is 42.5 Å². The molecule has 9 heteroatoms. The number of nitrogens with zero attached hydrogens (tertiary/aromatic N) is 3. The molecule has 2 heterocycles. The fourth-order valence-corrected chi connectivity index (χ4v) is 2.07. The fourth-order valence-electron chi connectivity index (χ4n) is 2.07. The average molecular weight is 341 g/mol. The van der Waals surface area contributed by atoms with Gasteiger partial charge in [0.2, 0.25) is 12.7 Å². The zero-order valence-corrected chi connectivity index (χ0v) is 13.4. The molecule has 0 saturated heterocycles. The fraction of sp³-hybridized carbons (Fsp3) is 0.188. The number of hydrogen-bond acceptors (Lipinski definition) is 7. The second-order valence-corrected chi connectivity index (χ2v) is 5.17. The molecule has 1 aromatic heterocycles. The van der Waals surface area contributed by atoms with E-state index < -0.39 is 5.91 Å². The molecule has 1 aromatic carbocycles. The van der Waals surface area contributed by atoms with E-state index >= 15 is 0 Å². The van der Waals surface area contributed by atoms with Crippen LogP contribution in [0.4, 0.5) is 5.69 Å². The highest BCUT2D eigenvalue weighted by atomic mass is 16.7. The Bertz CT molecular complexity index is 823. The second kappa shape index (κ2) is 7.39. The van der Waals surface area contributed by atoms with Gasteiger partial charge in [0.25, 0.3) is 5.91 Å². The number of carbonyl (C=O) groups excluding carboxylic acids is 2. The molecule has 0 unspecified atom stereocenters. The van der Waals surface area contributed by atoms with Crippen molar-refractivity contribution < 1.29 is 19.1 Å². The Morgan fingerprint density at radius 2 is 2.08 bits per heavy atom. The smallest absolute Gasteiger partial charge is 0.291 e. The summed E-state index contributed by atoms with van der Waals surface area (Å²) >= 11 is 0. The number of carbonyl (C=O) groups is 2. The first-order valence-electron chi connectivity index (χ1n) is 7.41. The van der Waals surface area contributed by atoms with Gasteiger partial charge < -0.3 is 14.8 Å². The van der Waals surface area contributed by atoms with Crippen LogP contribution >= 0.6 is 0 Å². The maximum atomic E-state index is 12.0. The molecule has 0 saturated carbocycles. The van der Waals surface area contributed by atoms with Crippen LogP contribution in [0.3, 0.4) is 0 Å². The largest absolute Gasteiger partial charge is 0.454 e. The van der Waals surface area contributed by atoms with Crippen LogP contribution in [0.5, 0.6) is 11.5 Å². The van der Waals surface area contributed by atoms with E-state index in [1.165, 1.54) is 18.6 Å². The van der Waals surface area contributed by atoms with Gasteiger partial charge in [-0.2, -0.15) is 5.10 Å². The Hall–Kier alpha value is -3.49. The van der Waals surface area contributed by atoms with Crippen molar-refractivity contribution in [3.63, 3.8) is 0 Å². The van der Waals surface area contributed by atoms with Gasteiger partial charge in [-0.25, -0.2) is 10.4 Å². The molecule has 3 rings (SSSR count). The minimum absolute atomic E-state index is 0.0230. The molecule has 0 atom stereocenters. The Kier molecular flexibility index (Phi) is 4.84. The molecule has 0 radical (unpaired) electrons. The predicted octanol–water partition coefficient (Wildman–Crippen LogP) is 1.34. The van der Waals surface area contributed by atoms with Crippen LogP contribution in [-0.2, 0) is 4.79 Å². The van der Waals surface area contributed by atoms with Crippen molar-refractivity contribution in [3.8, 4) is 11.5 Å². The summed E-state index contributed by atoms with van der Waals surface area (Å²) in [7, 11) is 0. The number of anilines is 1. The molecule has 0 spiro atoms. The van der Waals surface area contributed by atoms with Gasteiger partial charge in [-0.05, 0) is 19.1 Å². The average Bonchev–Trinajstić information content (AvgIpc) is 3.08. The summed E-state index contributed by atoms with van der Waals surface area (Å²) in [6.45, 7) is 1.81. The summed E-state index contributed by atoms with van der Waals surface area (Å²) in [4.78, 5) is 31.5. The maximum Gasteiger partial charge on any atom is 0.291 e. The normalized spacial score (nSPS) is 12.6. The van der Waals surface area contributed by atoms with Gasteiger partial charge in [0, 0.05) is 29.9 Å². The van der Waals surface area contributed by atoms with Crippen LogP contribution in [0.15, 0.2) is 41.9 Å². The van der Waals surface area contributed by atoms with Gasteiger partial charge in [0.15, 0.2) is 11.5 Å². The number of nitrogens with one attached hydrogen (secondary N) is 2. The first-order valence-corrected chi connectivity index (χ1v) is 7.41. The zero-order chi connectivity index (χ0) is 17.6. The molecule has 1 aliphatic rings. The van der Waals surface area contributed by atoms with Gasteiger partial charge >= 0.3 is 0 Å². The number of ether oxygens (including phenoxy) is 2. The Morgan fingerprint density at radius 1 is 1.24 bits per heavy atom. The van der Waals surface area contributed by atoms with Crippen molar-refractivity contribution in [1.82, 2.24) is 15.4 Å². The molecule has 25 heavy (non-hydrogen) atoms. The molecule has 0 fully saturated rings. The van der Waals surface area contributed by atoms with E-state index in [0.717, 1.165) is 0 Å². The van der Waals surface area contributed by atoms with Crippen LogP contribution in [0.2, 0.25) is 0 Å². The van der Waals surface area contributed by atoms with Gasteiger partial charge in [-0.3, -0.25) is 14.6 Å². The first-order chi connectivity index (χ1) is 12.1. The number of rotatable bonds is 5. The SMILES string of the molecule is CC(CC(=O)Nc1ccc2c(c1)OCO2)=NNC(=O)c1cnccn1. The van der Waals surface area contributed by atoms with Crippen molar-refractivity contribution in [2.24, 2.45) is 5.10 Å². The van der Waals surface area contributed by atoms with E-state index in [-0.39, 0.29) is 24.8 Å². The number of hydrazone groups is 1. The van der Waals surface area contributed by atoms with Gasteiger partial charge in [-0.15, -0.1) is 0 Å². The summed E-state index contributed by atoms with van der Waals surface area (Å²) in [6, 6.07) is 5.12. The summed E-state index contributed by atoms with van der Waals surface area (Å²) in [5.74, 6) is 0.458. The molecule has 2 aromatic rings. The molecule has 128 valence electrons. The van der Waals surface area contributed by atoms with E-state index in [1.807, 2.05) is 0 Å². The quantitative estimate of drug-likeness (QED) is 0.626. The van der Waals surface area contributed by atoms with Crippen LogP contribution in [-0.4, -0.2) is 34.3 Å². The van der Waals surface area contributed by atoms with E-state index in [4.69, 9.17) is 9.47 Å². The van der Waals surface area contributed by atoms with Crippen LogP contribution in [0.1, 0.15) is 23.8 Å². The van der Waals surface area contributed by atoms with Crippen LogP contribution < -0.4 is 20.2 Å². The molecular formula is C16H15N5O4. The summed E-state index contributed by atoms with van der Waals surface area (Å²) in [5, 5.41) is 6.62. The third kappa shape index (κ3) is 4.28. The Labute approximate surface area is 143 Å². The highest BCUT2D eigenvalue weighted by Gasteiger charge is 2.14. The lowest BCUT2D eigenvalue weighted by Crippen LogP contribution is -2.22. The van der Waals surface area contributed by atoms with E-state index in [2.05, 4.69) is 25.8 Å². The Morgan fingerprint density at radius 3 is 2.88 bits per heavy atom. The molecule has 2 amide bonds. The minimum atomic E-state index is -0.497. The number of amides is 2. The third-order valence-corrected chi connectivity index (χ3v) is 3.22. The van der Waals surface area contributed by atoms with Gasteiger partial charge in [0.1, 0.15) is 5.69 Å². The van der Waals surface area contributed by atoms with E-state index in [9.17, 15) is 9.59 Å². The van der Waals surface area contributed by atoms with E-state index in [0.29, 0.717) is 22.9 Å². The van der Waals surface area contributed by atoms with Crippen molar-refractivity contribution >= 4 is 23.2 Å². The van der Waals surface area contributed by atoms with Crippen LogP contribution in [0.25, 0.3) is 0 Å². The summed E-state index contributed by atoms with van der Waals surface area (Å²) in [5.41, 5.74) is 3.50. The van der Waals surface area contributed by atoms with E-state index in [1.54, 1.807) is 25.1 Å². The molecule has 2 N–H and O–H groups in total. The second-order valence-electron chi connectivity index (χ2n) is 5.17. The topological polar surface area (TPSA) is 115 Å². The molecular weight excluding hydrogens is 326 g/mol. The first kappa shape index (κ1) is 16.4. The Balaban J connectivity index is 1.52.